The smallest absolute Gasteiger partial charge is 0.274 e. The Kier molecular flexibility index (Phi) is 5.15. The van der Waals surface area contributed by atoms with Crippen LogP contribution in [0.3, 0.4) is 0 Å². The Morgan fingerprint density at radius 1 is 1.07 bits per heavy atom. The molecule has 0 fully saturated rings. The number of fused-ring (bicyclic) bond motifs is 1. The van der Waals surface area contributed by atoms with E-state index in [0.717, 1.165) is 29.5 Å². The Hall–Kier alpha value is -3.81. The number of hydrogen-bond acceptors (Lipinski definition) is 4. The highest BCUT2D eigenvalue weighted by Gasteiger charge is 2.11. The van der Waals surface area contributed by atoms with Crippen molar-refractivity contribution in [1.82, 2.24) is 15.0 Å². The number of nitrogens with one attached hydrogen (secondary N) is 3. The molecule has 0 atom stereocenters. The fourth-order valence-corrected chi connectivity index (χ4v) is 2.99. The van der Waals surface area contributed by atoms with Gasteiger partial charge in [-0.25, -0.2) is 18.7 Å². The number of rotatable bonds is 6. The molecule has 2 aromatic carbocycles. The number of anilines is 2. The molecule has 0 bridgehead atoms. The zero-order valence-corrected chi connectivity index (χ0v) is 15.2. The van der Waals surface area contributed by atoms with Gasteiger partial charge in [0.15, 0.2) is 11.6 Å². The zero-order chi connectivity index (χ0) is 20.2. The van der Waals surface area contributed by atoms with Crippen LogP contribution in [0.25, 0.3) is 10.9 Å². The van der Waals surface area contributed by atoms with Crippen LogP contribution in [-0.4, -0.2) is 27.4 Å². The number of nitrogens with zero attached hydrogens (tertiary/aromatic N) is 2. The number of amides is 1. The number of hydrogen-bond donors (Lipinski definition) is 3. The summed E-state index contributed by atoms with van der Waals surface area (Å²) in [7, 11) is 0. The molecule has 29 heavy (non-hydrogen) atoms. The molecule has 0 radical (unpaired) electrons. The van der Waals surface area contributed by atoms with Gasteiger partial charge in [-0.05, 0) is 36.2 Å². The predicted molar refractivity (Wildman–Crippen MR) is 107 cm³/mol. The summed E-state index contributed by atoms with van der Waals surface area (Å²) >= 11 is 0. The Morgan fingerprint density at radius 2 is 1.93 bits per heavy atom. The molecule has 0 aliphatic heterocycles. The average Bonchev–Trinajstić information content (AvgIpc) is 3.14. The normalized spacial score (nSPS) is 10.8. The van der Waals surface area contributed by atoms with E-state index in [0.29, 0.717) is 12.5 Å². The molecule has 0 saturated carbocycles. The number of halogens is 2. The maximum Gasteiger partial charge on any atom is 0.274 e. The lowest BCUT2D eigenvalue weighted by Gasteiger charge is -2.08. The third kappa shape index (κ3) is 4.21. The number of benzene rings is 2. The summed E-state index contributed by atoms with van der Waals surface area (Å²) in [4.78, 5) is 23.8. The first-order chi connectivity index (χ1) is 14.1. The molecule has 3 N–H and O–H groups in total. The van der Waals surface area contributed by atoms with Crippen LogP contribution in [0.1, 0.15) is 16.1 Å². The van der Waals surface area contributed by atoms with Crippen molar-refractivity contribution < 1.29 is 13.6 Å². The molecule has 146 valence electrons. The molecular weight excluding hydrogens is 376 g/mol. The second kappa shape index (κ2) is 8.05. The maximum absolute atomic E-state index is 13.3. The minimum Gasteiger partial charge on any atom is -0.361 e. The van der Waals surface area contributed by atoms with Gasteiger partial charge in [0, 0.05) is 41.6 Å². The minimum atomic E-state index is -1.04. The standard InChI is InChI=1S/C21H17F2N5O/c22-16-6-5-14(11-17(16)23)27-20(29)19-8-10-25-21(28-19)24-9-7-13-12-26-18-4-2-1-3-15(13)18/h1-6,8,10-12,26H,7,9H2,(H,27,29)(H,24,25,28). The number of para-hydroxylation sites is 1. The quantitative estimate of drug-likeness (QED) is 0.460. The average molecular weight is 393 g/mol. The summed E-state index contributed by atoms with van der Waals surface area (Å²) in [5.74, 6) is -2.25. The lowest BCUT2D eigenvalue weighted by Crippen LogP contribution is -2.16. The highest BCUT2D eigenvalue weighted by Crippen LogP contribution is 2.18. The molecule has 4 rings (SSSR count). The lowest BCUT2D eigenvalue weighted by molar-refractivity contribution is 0.102. The Balaban J connectivity index is 1.39. The van der Waals surface area contributed by atoms with Crippen molar-refractivity contribution in [2.24, 2.45) is 0 Å². The van der Waals surface area contributed by atoms with Gasteiger partial charge in [-0.2, -0.15) is 0 Å². The van der Waals surface area contributed by atoms with Crippen molar-refractivity contribution in [3.05, 3.63) is 83.8 Å². The van der Waals surface area contributed by atoms with Crippen molar-refractivity contribution in [1.29, 1.82) is 0 Å². The fourth-order valence-electron chi connectivity index (χ4n) is 2.99. The van der Waals surface area contributed by atoms with E-state index in [2.05, 4.69) is 31.7 Å². The zero-order valence-electron chi connectivity index (χ0n) is 15.2. The maximum atomic E-state index is 13.3. The summed E-state index contributed by atoms with van der Waals surface area (Å²) in [5.41, 5.74) is 2.50. The third-order valence-corrected chi connectivity index (χ3v) is 4.42. The molecule has 0 aliphatic carbocycles. The highest BCUT2D eigenvalue weighted by atomic mass is 19.2. The summed E-state index contributed by atoms with van der Waals surface area (Å²) in [6, 6.07) is 12.6. The Bertz CT molecular complexity index is 1170. The molecule has 6 nitrogen and oxygen atoms in total. The molecule has 0 unspecified atom stereocenters. The van der Waals surface area contributed by atoms with Gasteiger partial charge in [0.05, 0.1) is 0 Å². The van der Waals surface area contributed by atoms with Crippen LogP contribution in [-0.2, 0) is 6.42 Å². The van der Waals surface area contributed by atoms with Gasteiger partial charge < -0.3 is 15.6 Å². The van der Waals surface area contributed by atoms with Gasteiger partial charge >= 0.3 is 0 Å². The second-order valence-electron chi connectivity index (χ2n) is 6.38. The van der Waals surface area contributed by atoms with E-state index >= 15 is 0 Å². The van der Waals surface area contributed by atoms with Crippen molar-refractivity contribution >= 4 is 28.4 Å². The summed E-state index contributed by atoms with van der Waals surface area (Å²) in [5, 5.41) is 6.74. The van der Waals surface area contributed by atoms with Crippen molar-refractivity contribution in [2.45, 2.75) is 6.42 Å². The third-order valence-electron chi connectivity index (χ3n) is 4.42. The van der Waals surface area contributed by atoms with Crippen LogP contribution in [0.5, 0.6) is 0 Å². The number of H-pyrrole nitrogens is 1. The number of aromatic amines is 1. The lowest BCUT2D eigenvalue weighted by atomic mass is 10.1. The van der Waals surface area contributed by atoms with Gasteiger partial charge in [0.2, 0.25) is 5.95 Å². The first kappa shape index (κ1) is 18.5. The molecular formula is C21H17F2N5O. The first-order valence-corrected chi connectivity index (χ1v) is 8.98. The highest BCUT2D eigenvalue weighted by molar-refractivity contribution is 6.02. The molecule has 4 aromatic rings. The summed E-state index contributed by atoms with van der Waals surface area (Å²) in [6.45, 7) is 0.579. The monoisotopic (exact) mass is 393 g/mol. The molecule has 0 spiro atoms. The van der Waals surface area contributed by atoms with E-state index in [1.54, 1.807) is 0 Å². The van der Waals surface area contributed by atoms with Crippen molar-refractivity contribution in [3.8, 4) is 0 Å². The number of aromatic nitrogens is 3. The summed E-state index contributed by atoms with van der Waals surface area (Å²) < 4.78 is 26.3. The largest absolute Gasteiger partial charge is 0.361 e. The number of carbonyl (C=O) groups excluding carboxylic acids is 1. The minimum absolute atomic E-state index is 0.110. The van der Waals surface area contributed by atoms with Crippen molar-refractivity contribution in [2.75, 3.05) is 17.2 Å². The molecule has 8 heteroatoms. The molecule has 0 aliphatic rings. The van der Waals surface area contributed by atoms with Gasteiger partial charge in [-0.3, -0.25) is 4.79 Å². The van der Waals surface area contributed by atoms with Crippen molar-refractivity contribution in [3.63, 3.8) is 0 Å². The van der Waals surface area contributed by atoms with E-state index in [1.807, 2.05) is 24.4 Å². The van der Waals surface area contributed by atoms with E-state index in [-0.39, 0.29) is 11.4 Å². The Labute approximate surface area is 165 Å². The topological polar surface area (TPSA) is 82.7 Å². The molecule has 2 heterocycles. The molecule has 0 saturated heterocycles. The van der Waals surface area contributed by atoms with Crippen LogP contribution < -0.4 is 10.6 Å². The van der Waals surface area contributed by atoms with Crippen LogP contribution in [0.2, 0.25) is 0 Å². The predicted octanol–water partition coefficient (Wildman–Crippen LogP) is 4.14. The van der Waals surface area contributed by atoms with E-state index < -0.39 is 17.5 Å². The van der Waals surface area contributed by atoms with Gasteiger partial charge in [-0.1, -0.05) is 18.2 Å². The van der Waals surface area contributed by atoms with Gasteiger partial charge in [0.1, 0.15) is 5.69 Å². The van der Waals surface area contributed by atoms with E-state index in [1.165, 1.54) is 23.9 Å². The molecule has 1 amide bonds. The van der Waals surface area contributed by atoms with Crippen LogP contribution in [0, 0.1) is 11.6 Å². The second-order valence-corrected chi connectivity index (χ2v) is 6.38. The molecule has 2 aromatic heterocycles. The fraction of sp³-hybridized carbons (Fsp3) is 0.0952. The van der Waals surface area contributed by atoms with Crippen LogP contribution >= 0.6 is 0 Å². The SMILES string of the molecule is O=C(Nc1ccc(F)c(F)c1)c1ccnc(NCCc2c[nH]c3ccccc23)n1. The van der Waals surface area contributed by atoms with Gasteiger partial charge in [-0.15, -0.1) is 0 Å². The summed E-state index contributed by atoms with van der Waals surface area (Å²) in [6.07, 6.45) is 4.18. The number of carbonyl (C=O) groups is 1. The first-order valence-electron chi connectivity index (χ1n) is 8.98. The van der Waals surface area contributed by atoms with Gasteiger partial charge in [0.25, 0.3) is 5.91 Å². The van der Waals surface area contributed by atoms with Crippen LogP contribution in [0.4, 0.5) is 20.4 Å². The Morgan fingerprint density at radius 3 is 2.79 bits per heavy atom. The van der Waals surface area contributed by atoms with Crippen LogP contribution in [0.15, 0.2) is 60.9 Å². The van der Waals surface area contributed by atoms with E-state index in [4.69, 9.17) is 0 Å². The van der Waals surface area contributed by atoms with E-state index in [9.17, 15) is 13.6 Å².